The van der Waals surface area contributed by atoms with Crippen LogP contribution in [0.2, 0.25) is 0 Å². The number of carbonyl (C=O) groups excluding carboxylic acids is 3. The predicted molar refractivity (Wildman–Crippen MR) is 123 cm³/mol. The number of ether oxygens (including phenoxy) is 2. The number of imidazole rings is 1. The molecule has 0 bridgehead atoms. The van der Waals surface area contributed by atoms with Crippen molar-refractivity contribution in [2.45, 2.75) is 25.7 Å². The van der Waals surface area contributed by atoms with E-state index >= 15 is 0 Å². The van der Waals surface area contributed by atoms with E-state index < -0.39 is 23.5 Å². The Morgan fingerprint density at radius 3 is 2.35 bits per heavy atom. The Morgan fingerprint density at radius 2 is 1.68 bits per heavy atom. The summed E-state index contributed by atoms with van der Waals surface area (Å²) >= 11 is 0. The maximum atomic E-state index is 14.0. The van der Waals surface area contributed by atoms with Crippen LogP contribution in [0.5, 0.6) is 0 Å². The standard InChI is InChI=1S/C26H21N3O5/c1-17-21(28-16-27-17)13-26(33-23(30)11-12-24(31)34-26)25(32)20-15-29(14-18-7-3-2-4-8-18)22-10-6-5-9-19(20)22/h2-12,15-16H,13-14H2,1H3,(H,27,28). The molecule has 4 aromatic rings. The number of rotatable bonds is 6. The van der Waals surface area contributed by atoms with E-state index in [0.717, 1.165) is 23.2 Å². The number of para-hydroxylation sites is 1. The minimum atomic E-state index is -2.20. The molecule has 3 heterocycles. The first-order chi connectivity index (χ1) is 16.4. The summed E-state index contributed by atoms with van der Waals surface area (Å²) in [5, 5.41) is 0.658. The van der Waals surface area contributed by atoms with Gasteiger partial charge in [-0.25, -0.2) is 14.6 Å². The first-order valence-corrected chi connectivity index (χ1v) is 10.7. The number of carbonyl (C=O) groups is 3. The zero-order valence-electron chi connectivity index (χ0n) is 18.4. The van der Waals surface area contributed by atoms with Crippen molar-refractivity contribution in [3.63, 3.8) is 0 Å². The number of benzene rings is 2. The predicted octanol–water partition coefficient (Wildman–Crippen LogP) is 3.50. The van der Waals surface area contributed by atoms with Gasteiger partial charge in [0.05, 0.1) is 24.0 Å². The van der Waals surface area contributed by atoms with Crippen molar-refractivity contribution >= 4 is 28.6 Å². The summed E-state index contributed by atoms with van der Waals surface area (Å²) in [6, 6.07) is 17.3. The van der Waals surface area contributed by atoms with E-state index in [0.29, 0.717) is 23.3 Å². The number of Topliss-reactive ketones (excluding diaryl/α,β-unsaturated/α-hetero) is 1. The molecule has 2 aromatic heterocycles. The molecule has 0 unspecified atom stereocenters. The molecule has 1 N–H and O–H groups in total. The number of H-pyrrole nitrogens is 1. The largest absolute Gasteiger partial charge is 0.411 e. The first-order valence-electron chi connectivity index (χ1n) is 10.7. The van der Waals surface area contributed by atoms with Crippen molar-refractivity contribution < 1.29 is 23.9 Å². The highest BCUT2D eigenvalue weighted by Crippen LogP contribution is 2.32. The Kier molecular flexibility index (Phi) is 5.33. The van der Waals surface area contributed by atoms with Crippen LogP contribution in [0.4, 0.5) is 0 Å². The summed E-state index contributed by atoms with van der Waals surface area (Å²) in [7, 11) is 0. The fourth-order valence-electron chi connectivity index (χ4n) is 4.12. The molecule has 0 saturated heterocycles. The van der Waals surface area contributed by atoms with Crippen molar-refractivity contribution in [1.82, 2.24) is 14.5 Å². The van der Waals surface area contributed by atoms with Crippen molar-refractivity contribution in [1.29, 1.82) is 0 Å². The van der Waals surface area contributed by atoms with E-state index in [9.17, 15) is 14.4 Å². The monoisotopic (exact) mass is 455 g/mol. The molecule has 0 spiro atoms. The lowest BCUT2D eigenvalue weighted by Crippen LogP contribution is -2.48. The molecule has 2 aromatic carbocycles. The molecule has 0 radical (unpaired) electrons. The fourth-order valence-corrected chi connectivity index (χ4v) is 4.12. The Balaban J connectivity index is 1.63. The summed E-state index contributed by atoms with van der Waals surface area (Å²) in [5.74, 6) is -4.52. The third-order valence-electron chi connectivity index (χ3n) is 5.80. The summed E-state index contributed by atoms with van der Waals surface area (Å²) < 4.78 is 13.0. The van der Waals surface area contributed by atoms with E-state index in [1.807, 2.05) is 59.2 Å². The summed E-state index contributed by atoms with van der Waals surface area (Å²) in [4.78, 5) is 46.0. The zero-order chi connectivity index (χ0) is 23.7. The average Bonchev–Trinajstić information content (AvgIpc) is 3.36. The average molecular weight is 455 g/mol. The van der Waals surface area contributed by atoms with Crippen molar-refractivity contribution in [3.05, 3.63) is 102 Å². The number of aromatic nitrogens is 3. The number of fused-ring (bicyclic) bond motifs is 1. The van der Waals surface area contributed by atoms with Crippen LogP contribution in [0.15, 0.2) is 79.3 Å². The molecular formula is C26H21N3O5. The van der Waals surface area contributed by atoms with Crippen LogP contribution in [0.25, 0.3) is 10.9 Å². The van der Waals surface area contributed by atoms with Crippen LogP contribution in [-0.2, 0) is 32.0 Å². The molecule has 5 rings (SSSR count). The number of esters is 2. The van der Waals surface area contributed by atoms with Crippen LogP contribution in [0.1, 0.15) is 27.3 Å². The van der Waals surface area contributed by atoms with Gasteiger partial charge in [0.15, 0.2) is 0 Å². The fraction of sp³-hybridized carbons (Fsp3) is 0.154. The van der Waals surface area contributed by atoms with E-state index in [1.165, 1.54) is 6.33 Å². The lowest BCUT2D eigenvalue weighted by atomic mass is 9.97. The lowest BCUT2D eigenvalue weighted by Gasteiger charge is -2.29. The van der Waals surface area contributed by atoms with Gasteiger partial charge in [-0.2, -0.15) is 0 Å². The third kappa shape index (κ3) is 3.90. The van der Waals surface area contributed by atoms with Gasteiger partial charge in [0.2, 0.25) is 5.78 Å². The molecule has 170 valence electrons. The minimum Gasteiger partial charge on any atom is -0.411 e. The highest BCUT2D eigenvalue weighted by Gasteiger charge is 2.49. The molecule has 0 aliphatic carbocycles. The third-order valence-corrected chi connectivity index (χ3v) is 5.80. The molecule has 0 saturated carbocycles. The van der Waals surface area contributed by atoms with E-state index in [-0.39, 0.29) is 12.0 Å². The van der Waals surface area contributed by atoms with Gasteiger partial charge < -0.3 is 19.0 Å². The number of nitrogens with one attached hydrogen (secondary N) is 1. The van der Waals surface area contributed by atoms with E-state index in [1.54, 1.807) is 13.1 Å². The maximum absolute atomic E-state index is 14.0. The van der Waals surface area contributed by atoms with Gasteiger partial charge in [-0.05, 0) is 18.6 Å². The molecule has 34 heavy (non-hydrogen) atoms. The Morgan fingerprint density at radius 1 is 1.00 bits per heavy atom. The Labute approximate surface area is 194 Å². The Hall–Kier alpha value is -4.46. The highest BCUT2D eigenvalue weighted by atomic mass is 16.7. The summed E-state index contributed by atoms with van der Waals surface area (Å²) in [6.45, 7) is 2.30. The number of hydrogen-bond acceptors (Lipinski definition) is 6. The van der Waals surface area contributed by atoms with Crippen molar-refractivity contribution in [2.75, 3.05) is 0 Å². The molecule has 0 fully saturated rings. The molecule has 8 nitrogen and oxygen atoms in total. The zero-order valence-corrected chi connectivity index (χ0v) is 18.4. The second kappa shape index (κ2) is 8.47. The van der Waals surface area contributed by atoms with Crippen molar-refractivity contribution in [3.8, 4) is 0 Å². The molecular weight excluding hydrogens is 434 g/mol. The van der Waals surface area contributed by atoms with E-state index in [2.05, 4.69) is 9.97 Å². The van der Waals surface area contributed by atoms with Crippen LogP contribution in [0, 0.1) is 6.92 Å². The van der Waals surface area contributed by atoms with Gasteiger partial charge in [0, 0.05) is 41.5 Å². The quantitative estimate of drug-likeness (QED) is 0.353. The number of nitrogens with zero attached hydrogens (tertiary/aromatic N) is 2. The van der Waals surface area contributed by atoms with Crippen LogP contribution in [0.3, 0.4) is 0 Å². The minimum absolute atomic E-state index is 0.224. The van der Waals surface area contributed by atoms with E-state index in [4.69, 9.17) is 9.47 Å². The second-order valence-electron chi connectivity index (χ2n) is 8.08. The van der Waals surface area contributed by atoms with Crippen molar-refractivity contribution in [2.24, 2.45) is 0 Å². The van der Waals surface area contributed by atoms with Crippen LogP contribution < -0.4 is 0 Å². The summed E-state index contributed by atoms with van der Waals surface area (Å²) in [6.07, 6.45) is 4.85. The molecule has 1 aliphatic heterocycles. The van der Waals surface area contributed by atoms with Gasteiger partial charge >= 0.3 is 17.7 Å². The number of cyclic esters (lactones) is 2. The summed E-state index contributed by atoms with van der Waals surface area (Å²) in [5.41, 5.74) is 3.28. The number of hydrogen-bond donors (Lipinski definition) is 1. The molecule has 0 amide bonds. The topological polar surface area (TPSA) is 103 Å². The second-order valence-corrected chi connectivity index (χ2v) is 8.08. The van der Waals surface area contributed by atoms with Crippen LogP contribution >= 0.6 is 0 Å². The number of aryl methyl sites for hydroxylation is 1. The molecule has 1 aliphatic rings. The molecule has 0 atom stereocenters. The Bertz CT molecular complexity index is 1410. The van der Waals surface area contributed by atoms with Gasteiger partial charge in [0.1, 0.15) is 0 Å². The van der Waals surface area contributed by atoms with Gasteiger partial charge in [-0.15, -0.1) is 0 Å². The highest BCUT2D eigenvalue weighted by molar-refractivity contribution is 6.13. The first kappa shape index (κ1) is 21.4. The van der Waals surface area contributed by atoms with Gasteiger partial charge in [-0.3, -0.25) is 4.79 Å². The number of ketones is 1. The number of aromatic amines is 1. The normalized spacial score (nSPS) is 15.1. The van der Waals surface area contributed by atoms with Gasteiger partial charge in [-0.1, -0.05) is 48.5 Å². The van der Waals surface area contributed by atoms with Crippen LogP contribution in [-0.4, -0.2) is 38.0 Å². The smallest absolute Gasteiger partial charge is 0.334 e. The van der Waals surface area contributed by atoms with Gasteiger partial charge in [0.25, 0.3) is 0 Å². The molecule has 8 heteroatoms. The lowest BCUT2D eigenvalue weighted by molar-refractivity contribution is -0.201. The SMILES string of the molecule is Cc1[nH]cnc1CC1(C(=O)c2cn(Cc3ccccc3)c3ccccc23)OC(=O)C=CC(=O)O1. The maximum Gasteiger partial charge on any atom is 0.334 e.